The third kappa shape index (κ3) is 4.68. The first-order valence-corrected chi connectivity index (χ1v) is 14.6. The molecule has 2 aromatic carbocycles. The second kappa shape index (κ2) is 10.1. The minimum atomic E-state index is -0.0287. The molecule has 1 aliphatic carbocycles. The van der Waals surface area contributed by atoms with Gasteiger partial charge in [-0.1, -0.05) is 18.2 Å². The van der Waals surface area contributed by atoms with E-state index in [1.54, 1.807) is 7.11 Å². The molecule has 7 rings (SSSR count). The number of hydrogen-bond donors (Lipinski definition) is 1. The molecule has 0 bridgehead atoms. The number of nitrogens with zero attached hydrogens (tertiary/aromatic N) is 6. The molecule has 1 saturated carbocycles. The van der Waals surface area contributed by atoms with Gasteiger partial charge in [0, 0.05) is 60.4 Å². The first kappa shape index (κ1) is 25.8. The molecule has 9 heteroatoms. The number of rotatable bonds is 7. The Balaban J connectivity index is 1.42. The highest BCUT2D eigenvalue weighted by Gasteiger charge is 2.30. The predicted molar refractivity (Wildman–Crippen MR) is 160 cm³/mol. The molecule has 5 aromatic rings. The van der Waals surface area contributed by atoms with Gasteiger partial charge in [-0.05, 0) is 62.8 Å². The molecular weight excluding hydrogens is 514 g/mol. The van der Waals surface area contributed by atoms with Crippen LogP contribution in [0.1, 0.15) is 48.5 Å². The van der Waals surface area contributed by atoms with E-state index in [-0.39, 0.29) is 18.0 Å². The van der Waals surface area contributed by atoms with E-state index in [0.29, 0.717) is 30.3 Å². The molecular formula is C32H37N7O2. The van der Waals surface area contributed by atoms with Gasteiger partial charge in [0.15, 0.2) is 5.82 Å². The Bertz CT molecular complexity index is 1760. The van der Waals surface area contributed by atoms with Crippen LogP contribution in [0.25, 0.3) is 33.5 Å². The summed E-state index contributed by atoms with van der Waals surface area (Å²) >= 11 is 0. The number of aryl methyl sites for hydroxylation is 1. The Morgan fingerprint density at radius 3 is 2.68 bits per heavy atom. The summed E-state index contributed by atoms with van der Waals surface area (Å²) in [6.45, 7) is 4.19. The standard InChI is InChI=1S/C32H37N7O2/c1-20-8-11-25(33)19-37(20)32(40)24-12-26-30(29(14-24)41-3)39(18-22-15-34-36(2)16-22)31(35-26)28-13-23-6-4-5-7-27(23)38(28)17-21-9-10-21/h4-7,12-16,20-21,25H,8-11,17-19,33H2,1-3H3/t20-,25+/m0/s1. The predicted octanol–water partition coefficient (Wildman–Crippen LogP) is 4.81. The number of carbonyl (C=O) groups is 1. The Morgan fingerprint density at radius 1 is 1.10 bits per heavy atom. The van der Waals surface area contributed by atoms with Crippen LogP contribution in [0.15, 0.2) is 54.9 Å². The van der Waals surface area contributed by atoms with Crippen LogP contribution in [-0.2, 0) is 20.1 Å². The van der Waals surface area contributed by atoms with Crippen LogP contribution in [0, 0.1) is 5.92 Å². The van der Waals surface area contributed by atoms with Gasteiger partial charge < -0.3 is 24.5 Å². The van der Waals surface area contributed by atoms with Gasteiger partial charge in [0.1, 0.15) is 11.3 Å². The average Bonchev–Trinajstić information content (AvgIpc) is 3.43. The minimum absolute atomic E-state index is 0.000503. The van der Waals surface area contributed by atoms with Gasteiger partial charge in [0.05, 0.1) is 31.1 Å². The van der Waals surface area contributed by atoms with E-state index in [1.807, 2.05) is 41.2 Å². The van der Waals surface area contributed by atoms with Crippen molar-refractivity contribution in [2.45, 2.75) is 57.8 Å². The zero-order valence-electron chi connectivity index (χ0n) is 24.0. The van der Waals surface area contributed by atoms with Crippen molar-refractivity contribution in [3.05, 3.63) is 66.0 Å². The van der Waals surface area contributed by atoms with Gasteiger partial charge in [-0.2, -0.15) is 5.10 Å². The molecule has 2 fully saturated rings. The van der Waals surface area contributed by atoms with E-state index >= 15 is 0 Å². The number of nitrogens with two attached hydrogens (primary N) is 1. The number of benzene rings is 2. The Hall–Kier alpha value is -4.11. The molecule has 2 atom stereocenters. The molecule has 1 amide bonds. The Kier molecular flexibility index (Phi) is 6.34. The van der Waals surface area contributed by atoms with Crippen LogP contribution in [0.4, 0.5) is 0 Å². The molecule has 212 valence electrons. The summed E-state index contributed by atoms with van der Waals surface area (Å²) in [5, 5.41) is 5.61. The monoisotopic (exact) mass is 551 g/mol. The van der Waals surface area contributed by atoms with Gasteiger partial charge in [-0.3, -0.25) is 9.48 Å². The lowest BCUT2D eigenvalue weighted by molar-refractivity contribution is 0.0612. The molecule has 1 saturated heterocycles. The van der Waals surface area contributed by atoms with Crippen LogP contribution in [-0.4, -0.2) is 60.4 Å². The first-order valence-electron chi connectivity index (χ1n) is 14.6. The van der Waals surface area contributed by atoms with Crippen molar-refractivity contribution >= 4 is 27.8 Å². The molecule has 1 aliphatic heterocycles. The summed E-state index contributed by atoms with van der Waals surface area (Å²) in [4.78, 5) is 20.9. The summed E-state index contributed by atoms with van der Waals surface area (Å²) in [6, 6.07) is 14.7. The number of aromatic nitrogens is 5. The summed E-state index contributed by atoms with van der Waals surface area (Å²) in [5.41, 5.74) is 11.8. The van der Waals surface area contributed by atoms with Crippen molar-refractivity contribution in [3.8, 4) is 17.3 Å². The summed E-state index contributed by atoms with van der Waals surface area (Å²) in [7, 11) is 3.59. The number of imidazole rings is 1. The SMILES string of the molecule is COc1cc(C(=O)N2C[C@H](N)CC[C@@H]2C)cc2nc(-c3cc4ccccc4n3CC3CC3)n(Cc3cnn(C)c3)c12. The largest absolute Gasteiger partial charge is 0.494 e. The maximum atomic E-state index is 13.8. The summed E-state index contributed by atoms with van der Waals surface area (Å²) in [6.07, 6.45) is 8.28. The Morgan fingerprint density at radius 2 is 1.93 bits per heavy atom. The van der Waals surface area contributed by atoms with Gasteiger partial charge in [0.25, 0.3) is 5.91 Å². The number of amides is 1. The number of likely N-dealkylation sites (tertiary alicyclic amines) is 1. The van der Waals surface area contributed by atoms with E-state index in [0.717, 1.165) is 47.5 Å². The highest BCUT2D eigenvalue weighted by molar-refractivity contribution is 6.00. The number of ether oxygens (including phenoxy) is 1. The number of piperidine rings is 1. The molecule has 41 heavy (non-hydrogen) atoms. The summed E-state index contributed by atoms with van der Waals surface area (Å²) in [5.74, 6) is 2.15. The molecule has 2 N–H and O–H groups in total. The van der Waals surface area contributed by atoms with Crippen molar-refractivity contribution in [1.82, 2.24) is 28.8 Å². The van der Waals surface area contributed by atoms with E-state index < -0.39 is 0 Å². The summed E-state index contributed by atoms with van der Waals surface area (Å²) < 4.78 is 12.4. The normalized spacial score (nSPS) is 19.4. The van der Waals surface area contributed by atoms with Crippen LogP contribution in [0.2, 0.25) is 0 Å². The molecule has 0 unspecified atom stereocenters. The first-order chi connectivity index (χ1) is 19.9. The smallest absolute Gasteiger partial charge is 0.254 e. The van der Waals surface area contributed by atoms with Crippen molar-refractivity contribution in [3.63, 3.8) is 0 Å². The second-order valence-electron chi connectivity index (χ2n) is 11.9. The molecule has 3 aromatic heterocycles. The molecule has 4 heterocycles. The maximum Gasteiger partial charge on any atom is 0.254 e. The Labute approximate surface area is 239 Å². The lowest BCUT2D eigenvalue weighted by Gasteiger charge is -2.36. The topological polar surface area (TPSA) is 96.1 Å². The minimum Gasteiger partial charge on any atom is -0.494 e. The fourth-order valence-electron chi connectivity index (χ4n) is 6.33. The number of hydrogen-bond acceptors (Lipinski definition) is 5. The average molecular weight is 552 g/mol. The van der Waals surface area contributed by atoms with Crippen LogP contribution in [0.3, 0.4) is 0 Å². The number of carbonyl (C=O) groups excluding carboxylic acids is 1. The fraction of sp³-hybridized carbons (Fsp3) is 0.406. The van der Waals surface area contributed by atoms with Crippen molar-refractivity contribution in [1.29, 1.82) is 0 Å². The number of fused-ring (bicyclic) bond motifs is 2. The number of para-hydroxylation sites is 1. The van der Waals surface area contributed by atoms with E-state index in [2.05, 4.69) is 51.5 Å². The lowest BCUT2D eigenvalue weighted by Crippen LogP contribution is -2.50. The molecule has 2 aliphatic rings. The lowest BCUT2D eigenvalue weighted by atomic mass is 9.99. The van der Waals surface area contributed by atoms with Crippen molar-refractivity contribution < 1.29 is 9.53 Å². The zero-order valence-corrected chi connectivity index (χ0v) is 24.0. The van der Waals surface area contributed by atoms with Crippen LogP contribution in [0.5, 0.6) is 5.75 Å². The third-order valence-electron chi connectivity index (χ3n) is 8.73. The maximum absolute atomic E-state index is 13.8. The zero-order chi connectivity index (χ0) is 28.2. The fourth-order valence-corrected chi connectivity index (χ4v) is 6.33. The third-order valence-corrected chi connectivity index (χ3v) is 8.73. The molecule has 0 spiro atoms. The van der Waals surface area contributed by atoms with E-state index in [1.165, 1.54) is 23.7 Å². The van der Waals surface area contributed by atoms with Gasteiger partial charge in [0.2, 0.25) is 0 Å². The molecule has 9 nitrogen and oxygen atoms in total. The van der Waals surface area contributed by atoms with Gasteiger partial charge in [-0.15, -0.1) is 0 Å². The second-order valence-corrected chi connectivity index (χ2v) is 11.9. The van der Waals surface area contributed by atoms with Crippen molar-refractivity contribution in [2.24, 2.45) is 18.7 Å². The van der Waals surface area contributed by atoms with Crippen molar-refractivity contribution in [2.75, 3.05) is 13.7 Å². The van der Waals surface area contributed by atoms with Gasteiger partial charge in [-0.25, -0.2) is 4.98 Å². The van der Waals surface area contributed by atoms with E-state index in [4.69, 9.17) is 15.5 Å². The highest BCUT2D eigenvalue weighted by atomic mass is 16.5. The molecule has 0 radical (unpaired) electrons. The van der Waals surface area contributed by atoms with Gasteiger partial charge >= 0.3 is 0 Å². The number of methoxy groups -OCH3 is 1. The van der Waals surface area contributed by atoms with Crippen LogP contribution >= 0.6 is 0 Å². The van der Waals surface area contributed by atoms with Crippen LogP contribution < -0.4 is 10.5 Å². The highest BCUT2D eigenvalue weighted by Crippen LogP contribution is 2.39. The van der Waals surface area contributed by atoms with E-state index in [9.17, 15) is 4.79 Å². The quantitative estimate of drug-likeness (QED) is 0.313.